The Hall–Kier alpha value is -2.13. The van der Waals surface area contributed by atoms with Crippen LogP contribution < -0.4 is 11.1 Å². The second-order valence-electron chi connectivity index (χ2n) is 6.38. The fraction of sp³-hybridized carbons (Fsp3) is 0.556. The summed E-state index contributed by atoms with van der Waals surface area (Å²) >= 11 is 1.07. The number of nitrogens with zero attached hydrogens (tertiary/aromatic N) is 1. The number of rotatable bonds is 8. The van der Waals surface area contributed by atoms with Gasteiger partial charge in [-0.25, -0.2) is 4.98 Å². The van der Waals surface area contributed by atoms with Crippen LogP contribution in [0.5, 0.6) is 0 Å². The number of carbonyl (C=O) groups is 3. The van der Waals surface area contributed by atoms with E-state index in [1.165, 1.54) is 0 Å². The van der Waals surface area contributed by atoms with Crippen molar-refractivity contribution in [3.63, 3.8) is 0 Å². The highest BCUT2D eigenvalue weighted by Gasteiger charge is 2.19. The maximum atomic E-state index is 11.9. The third-order valence-electron chi connectivity index (χ3n) is 4.45. The van der Waals surface area contributed by atoms with Gasteiger partial charge in [0.15, 0.2) is 6.61 Å². The van der Waals surface area contributed by atoms with Crippen molar-refractivity contribution in [1.29, 1.82) is 0 Å². The minimum Gasteiger partial charge on any atom is -0.455 e. The summed E-state index contributed by atoms with van der Waals surface area (Å²) in [4.78, 5) is 39.7. The molecule has 3 N–H and O–H groups in total. The van der Waals surface area contributed by atoms with Gasteiger partial charge in [-0.05, 0) is 44.7 Å². The van der Waals surface area contributed by atoms with Gasteiger partial charge >= 0.3 is 5.97 Å². The summed E-state index contributed by atoms with van der Waals surface area (Å²) in [6, 6.07) is 0. The van der Waals surface area contributed by atoms with Crippen LogP contribution in [0, 0.1) is 20.8 Å². The van der Waals surface area contributed by atoms with Crippen LogP contribution in [-0.2, 0) is 19.1 Å². The Balaban J connectivity index is 1.83. The Labute approximate surface area is 162 Å². The van der Waals surface area contributed by atoms with Crippen molar-refractivity contribution >= 4 is 29.5 Å². The number of aromatic nitrogens is 1. The first-order valence-corrected chi connectivity index (χ1v) is 9.72. The first-order chi connectivity index (χ1) is 12.8. The Bertz CT molecular complexity index is 732. The fourth-order valence-corrected chi connectivity index (χ4v) is 3.64. The molecule has 27 heavy (non-hydrogen) atoms. The lowest BCUT2D eigenvalue weighted by atomic mass is 10.0. The number of carbonyl (C=O) groups excluding carboxylic acids is 3. The number of nitrogens with two attached hydrogens (primary N) is 1. The van der Waals surface area contributed by atoms with Crippen molar-refractivity contribution in [1.82, 2.24) is 10.3 Å². The van der Waals surface area contributed by atoms with Gasteiger partial charge in [0.05, 0.1) is 17.4 Å². The van der Waals surface area contributed by atoms with Crippen molar-refractivity contribution in [3.8, 4) is 0 Å². The third kappa shape index (κ3) is 5.93. The van der Waals surface area contributed by atoms with Crippen LogP contribution in [0.25, 0.3) is 0 Å². The van der Waals surface area contributed by atoms with Crippen LogP contribution in [0.15, 0.2) is 5.03 Å². The van der Waals surface area contributed by atoms with Gasteiger partial charge in [-0.2, -0.15) is 0 Å². The highest BCUT2D eigenvalue weighted by Crippen LogP contribution is 2.26. The molecule has 148 valence electrons. The van der Waals surface area contributed by atoms with Gasteiger partial charge in [0.1, 0.15) is 5.03 Å². The number of nitrogens with one attached hydrogen (secondary N) is 1. The lowest BCUT2D eigenvalue weighted by Crippen LogP contribution is -2.35. The topological polar surface area (TPSA) is 121 Å². The molecule has 0 saturated carbocycles. The fourth-order valence-electron chi connectivity index (χ4n) is 2.70. The molecule has 2 rings (SSSR count). The molecule has 1 unspecified atom stereocenters. The molecule has 9 heteroatoms. The molecule has 0 aliphatic carbocycles. The normalized spacial score (nSPS) is 16.2. The lowest BCUT2D eigenvalue weighted by molar-refractivity contribution is -0.146. The number of aryl methyl sites for hydroxylation is 1. The number of esters is 1. The molecule has 1 atom stereocenters. The second kappa shape index (κ2) is 9.70. The van der Waals surface area contributed by atoms with Crippen LogP contribution >= 0.6 is 11.8 Å². The molecule has 0 spiro atoms. The molecule has 1 aliphatic heterocycles. The smallest absolute Gasteiger partial charge is 0.316 e. The Morgan fingerprint density at radius 1 is 1.30 bits per heavy atom. The zero-order valence-corrected chi connectivity index (χ0v) is 16.6. The molecule has 0 radical (unpaired) electrons. The summed E-state index contributed by atoms with van der Waals surface area (Å²) in [5, 5.41) is 3.07. The largest absolute Gasteiger partial charge is 0.455 e. The van der Waals surface area contributed by atoms with E-state index in [9.17, 15) is 14.4 Å². The zero-order valence-electron chi connectivity index (χ0n) is 15.8. The third-order valence-corrected chi connectivity index (χ3v) is 5.40. The molecule has 8 nitrogen and oxygen atoms in total. The maximum Gasteiger partial charge on any atom is 0.316 e. The van der Waals surface area contributed by atoms with E-state index >= 15 is 0 Å². The van der Waals surface area contributed by atoms with Crippen molar-refractivity contribution in [2.75, 3.05) is 25.5 Å². The van der Waals surface area contributed by atoms with E-state index in [2.05, 4.69) is 10.3 Å². The van der Waals surface area contributed by atoms with Crippen molar-refractivity contribution in [2.24, 2.45) is 5.73 Å². The van der Waals surface area contributed by atoms with Crippen LogP contribution in [0.4, 0.5) is 0 Å². The minimum atomic E-state index is -0.590. The maximum absolute atomic E-state index is 11.9. The Kier molecular flexibility index (Phi) is 7.61. The Morgan fingerprint density at radius 2 is 2.04 bits per heavy atom. The average molecular weight is 395 g/mol. The van der Waals surface area contributed by atoms with E-state index in [0.717, 1.165) is 41.4 Å². The predicted octanol–water partition coefficient (Wildman–Crippen LogP) is 1.04. The molecule has 1 aromatic rings. The van der Waals surface area contributed by atoms with Gasteiger partial charge < -0.3 is 20.5 Å². The summed E-state index contributed by atoms with van der Waals surface area (Å²) in [5.41, 5.74) is 8.17. The van der Waals surface area contributed by atoms with Crippen molar-refractivity contribution < 1.29 is 23.9 Å². The highest BCUT2D eigenvalue weighted by atomic mass is 32.2. The number of primary amides is 1. The number of hydrogen-bond donors (Lipinski definition) is 2. The van der Waals surface area contributed by atoms with Crippen molar-refractivity contribution in [3.05, 3.63) is 22.4 Å². The molecule has 0 bridgehead atoms. The van der Waals surface area contributed by atoms with Crippen LogP contribution in [-0.4, -0.2) is 54.4 Å². The molecule has 0 aromatic carbocycles. The van der Waals surface area contributed by atoms with E-state index < -0.39 is 11.9 Å². The molecule has 1 aromatic heterocycles. The molecule has 1 aliphatic rings. The summed E-state index contributed by atoms with van der Waals surface area (Å²) < 4.78 is 10.4. The minimum absolute atomic E-state index is 0.0338. The van der Waals surface area contributed by atoms with Gasteiger partial charge in [-0.3, -0.25) is 14.4 Å². The molecular formula is C18H25N3O5S. The van der Waals surface area contributed by atoms with Gasteiger partial charge in [-0.1, -0.05) is 11.8 Å². The van der Waals surface area contributed by atoms with Gasteiger partial charge in [0.2, 0.25) is 0 Å². The van der Waals surface area contributed by atoms with E-state index in [4.69, 9.17) is 15.2 Å². The van der Waals surface area contributed by atoms with E-state index in [1.54, 1.807) is 6.92 Å². The van der Waals surface area contributed by atoms with Crippen LogP contribution in [0.1, 0.15) is 40.0 Å². The second-order valence-corrected chi connectivity index (χ2v) is 7.34. The number of pyridine rings is 1. The van der Waals surface area contributed by atoms with E-state index in [0.29, 0.717) is 23.7 Å². The lowest BCUT2D eigenvalue weighted by Gasteiger charge is -2.13. The summed E-state index contributed by atoms with van der Waals surface area (Å²) in [6.45, 7) is 6.26. The standard InChI is InChI=1S/C18H25N3O5S/c1-10-11(2)16(17(19)24)18(21-12(10)3)27-9-15(23)26-8-14(22)20-7-13-5-4-6-25-13/h13H,4-9H2,1-3H3,(H2,19,24)(H,20,22). The predicted molar refractivity (Wildman–Crippen MR) is 101 cm³/mol. The first kappa shape index (κ1) is 21.2. The Morgan fingerprint density at radius 3 is 2.67 bits per heavy atom. The molecular weight excluding hydrogens is 370 g/mol. The van der Waals surface area contributed by atoms with Crippen molar-refractivity contribution in [2.45, 2.75) is 44.7 Å². The first-order valence-electron chi connectivity index (χ1n) is 8.74. The number of hydrogen-bond acceptors (Lipinski definition) is 7. The van der Waals surface area contributed by atoms with Crippen LogP contribution in [0.2, 0.25) is 0 Å². The van der Waals surface area contributed by atoms with Gasteiger partial charge in [-0.15, -0.1) is 0 Å². The van der Waals surface area contributed by atoms with Gasteiger partial charge in [0.25, 0.3) is 11.8 Å². The molecule has 2 amide bonds. The van der Waals surface area contributed by atoms with Crippen LogP contribution in [0.3, 0.4) is 0 Å². The number of ether oxygens (including phenoxy) is 2. The highest BCUT2D eigenvalue weighted by molar-refractivity contribution is 8.00. The van der Waals surface area contributed by atoms with E-state index in [1.807, 2.05) is 13.8 Å². The number of amides is 2. The molecule has 1 saturated heterocycles. The number of thioether (sulfide) groups is 1. The monoisotopic (exact) mass is 395 g/mol. The molecule has 1 fully saturated rings. The summed E-state index contributed by atoms with van der Waals surface area (Å²) in [5.74, 6) is -1.61. The summed E-state index contributed by atoms with van der Waals surface area (Å²) in [7, 11) is 0. The summed E-state index contributed by atoms with van der Waals surface area (Å²) in [6.07, 6.45) is 1.94. The average Bonchev–Trinajstić information content (AvgIpc) is 3.14. The zero-order chi connectivity index (χ0) is 20.0. The quantitative estimate of drug-likeness (QED) is 0.498. The molecule has 2 heterocycles. The SMILES string of the molecule is Cc1nc(SCC(=O)OCC(=O)NCC2CCCO2)c(C(N)=O)c(C)c1C. The van der Waals surface area contributed by atoms with E-state index in [-0.39, 0.29) is 24.4 Å². The van der Waals surface area contributed by atoms with Gasteiger partial charge in [0, 0.05) is 18.8 Å².